The first-order chi connectivity index (χ1) is 7.79. The van der Waals surface area contributed by atoms with Crippen LogP contribution in [0.3, 0.4) is 0 Å². The molecule has 0 radical (unpaired) electrons. The second-order valence-electron chi connectivity index (χ2n) is 5.23. The molecule has 0 bridgehead atoms. The quantitative estimate of drug-likeness (QED) is 0.773. The van der Waals surface area contributed by atoms with Crippen molar-refractivity contribution in [3.63, 3.8) is 0 Å². The zero-order valence-electron chi connectivity index (χ0n) is 11.2. The zero-order chi connectivity index (χ0) is 13.2. The number of hydrogen-bond acceptors (Lipinski definition) is 1. The number of nitrogens with zero attached hydrogens (tertiary/aromatic N) is 1. The van der Waals surface area contributed by atoms with Gasteiger partial charge in [-0.2, -0.15) is 0 Å². The summed E-state index contributed by atoms with van der Waals surface area (Å²) in [4.78, 5) is 14.0. The SMILES string of the molecule is CCN(C)C(=O)c1c(Cl)cccc1[Si](C)(C)C. The Hall–Kier alpha value is -0.803. The summed E-state index contributed by atoms with van der Waals surface area (Å²) in [5, 5.41) is 1.70. The Morgan fingerprint density at radius 2 is 1.94 bits per heavy atom. The third-order valence-electron chi connectivity index (χ3n) is 2.86. The number of rotatable bonds is 3. The summed E-state index contributed by atoms with van der Waals surface area (Å²) in [6.07, 6.45) is 0. The summed E-state index contributed by atoms with van der Waals surface area (Å²) < 4.78 is 0. The van der Waals surface area contributed by atoms with Crippen LogP contribution in [0, 0.1) is 0 Å². The molecule has 17 heavy (non-hydrogen) atoms. The van der Waals surface area contributed by atoms with Crippen LogP contribution < -0.4 is 5.19 Å². The van der Waals surface area contributed by atoms with Gasteiger partial charge in [0.1, 0.15) is 0 Å². The molecule has 0 saturated heterocycles. The minimum atomic E-state index is -1.56. The molecule has 94 valence electrons. The average Bonchev–Trinajstić information content (AvgIpc) is 2.25. The molecule has 0 aliphatic heterocycles. The summed E-state index contributed by atoms with van der Waals surface area (Å²) in [5.74, 6) is 0.0236. The maximum absolute atomic E-state index is 12.3. The minimum absolute atomic E-state index is 0.0236. The highest BCUT2D eigenvalue weighted by molar-refractivity contribution is 6.89. The molecule has 0 aliphatic rings. The molecule has 0 spiro atoms. The van der Waals surface area contributed by atoms with Crippen molar-refractivity contribution >= 4 is 30.8 Å². The molecule has 0 aromatic heterocycles. The highest BCUT2D eigenvalue weighted by Crippen LogP contribution is 2.18. The lowest BCUT2D eigenvalue weighted by atomic mass is 10.2. The van der Waals surface area contributed by atoms with E-state index in [0.29, 0.717) is 17.1 Å². The maximum Gasteiger partial charge on any atom is 0.254 e. The molecule has 1 amide bonds. The van der Waals surface area contributed by atoms with Crippen LogP contribution in [0.4, 0.5) is 0 Å². The minimum Gasteiger partial charge on any atom is -0.342 e. The van der Waals surface area contributed by atoms with Crippen LogP contribution in [0.25, 0.3) is 0 Å². The van der Waals surface area contributed by atoms with Crippen LogP contribution in [0.1, 0.15) is 17.3 Å². The first-order valence-corrected chi connectivity index (χ1v) is 9.71. The number of carbonyl (C=O) groups is 1. The molecule has 0 heterocycles. The van der Waals surface area contributed by atoms with Gasteiger partial charge in [-0.3, -0.25) is 4.79 Å². The summed E-state index contributed by atoms with van der Waals surface area (Å²) in [7, 11) is 0.243. The molecule has 4 heteroatoms. The molecule has 0 atom stereocenters. The van der Waals surface area contributed by atoms with E-state index in [9.17, 15) is 4.79 Å². The standard InChI is InChI=1S/C13H20ClNOSi/c1-6-15(2)13(16)12-10(14)8-7-9-11(12)17(3,4)5/h7-9H,6H2,1-5H3. The van der Waals surface area contributed by atoms with Crippen molar-refractivity contribution in [2.45, 2.75) is 26.6 Å². The molecule has 0 aliphatic carbocycles. The normalized spacial score (nSPS) is 11.4. The number of amides is 1. The number of benzene rings is 1. The van der Waals surface area contributed by atoms with Crippen molar-refractivity contribution in [3.8, 4) is 0 Å². The number of halogens is 1. The van der Waals surface area contributed by atoms with Crippen molar-refractivity contribution in [1.29, 1.82) is 0 Å². The van der Waals surface area contributed by atoms with Crippen LogP contribution in [-0.4, -0.2) is 32.5 Å². The smallest absolute Gasteiger partial charge is 0.254 e. The Morgan fingerprint density at radius 3 is 2.41 bits per heavy atom. The molecule has 2 nitrogen and oxygen atoms in total. The average molecular weight is 270 g/mol. The van der Waals surface area contributed by atoms with Crippen molar-refractivity contribution in [2.75, 3.05) is 13.6 Å². The predicted octanol–water partition coefficient (Wildman–Crippen LogP) is 2.98. The van der Waals surface area contributed by atoms with E-state index in [2.05, 4.69) is 19.6 Å². The Bertz CT molecular complexity index is 426. The van der Waals surface area contributed by atoms with Gasteiger partial charge >= 0.3 is 0 Å². The molecule has 0 saturated carbocycles. The third kappa shape index (κ3) is 3.10. The van der Waals surface area contributed by atoms with E-state index in [1.54, 1.807) is 18.0 Å². The second kappa shape index (κ2) is 5.23. The fourth-order valence-electron chi connectivity index (χ4n) is 1.70. The number of hydrogen-bond donors (Lipinski definition) is 0. The van der Waals surface area contributed by atoms with Crippen molar-refractivity contribution < 1.29 is 4.79 Å². The second-order valence-corrected chi connectivity index (χ2v) is 10.7. The predicted molar refractivity (Wildman–Crippen MR) is 77.1 cm³/mol. The van der Waals surface area contributed by atoms with Crippen LogP contribution in [-0.2, 0) is 0 Å². The summed E-state index contributed by atoms with van der Waals surface area (Å²) in [6, 6.07) is 5.76. The van der Waals surface area contributed by atoms with E-state index in [0.717, 1.165) is 5.19 Å². The van der Waals surface area contributed by atoms with Gasteiger partial charge in [-0.15, -0.1) is 0 Å². The Kier molecular flexibility index (Phi) is 4.39. The van der Waals surface area contributed by atoms with Gasteiger partial charge in [-0.1, -0.05) is 43.4 Å². The molecule has 1 rings (SSSR count). The third-order valence-corrected chi connectivity index (χ3v) is 5.20. The van der Waals surface area contributed by atoms with E-state index in [-0.39, 0.29) is 5.91 Å². The van der Waals surface area contributed by atoms with Gasteiger partial charge in [-0.25, -0.2) is 0 Å². The molecule has 1 aromatic rings. The fourth-order valence-corrected chi connectivity index (χ4v) is 3.62. The molecular weight excluding hydrogens is 250 g/mol. The molecular formula is C13H20ClNOSi. The Morgan fingerprint density at radius 1 is 1.35 bits per heavy atom. The zero-order valence-corrected chi connectivity index (χ0v) is 12.9. The van der Waals surface area contributed by atoms with Gasteiger partial charge in [0.15, 0.2) is 0 Å². The molecule has 0 fully saturated rings. The lowest BCUT2D eigenvalue weighted by molar-refractivity contribution is 0.0804. The summed E-state index contributed by atoms with van der Waals surface area (Å²) in [5.41, 5.74) is 0.692. The van der Waals surface area contributed by atoms with Crippen LogP contribution >= 0.6 is 11.6 Å². The van der Waals surface area contributed by atoms with E-state index in [4.69, 9.17) is 11.6 Å². The van der Waals surface area contributed by atoms with Crippen LogP contribution in [0.15, 0.2) is 18.2 Å². The lowest BCUT2D eigenvalue weighted by Crippen LogP contribution is -2.43. The van der Waals surface area contributed by atoms with E-state index < -0.39 is 8.07 Å². The first kappa shape index (κ1) is 14.3. The monoisotopic (exact) mass is 269 g/mol. The van der Waals surface area contributed by atoms with Gasteiger partial charge in [0.05, 0.1) is 18.7 Å². The van der Waals surface area contributed by atoms with Crippen molar-refractivity contribution in [2.24, 2.45) is 0 Å². The van der Waals surface area contributed by atoms with Crippen LogP contribution in [0.2, 0.25) is 24.7 Å². The van der Waals surface area contributed by atoms with Gasteiger partial charge in [0.25, 0.3) is 5.91 Å². The first-order valence-electron chi connectivity index (χ1n) is 5.83. The van der Waals surface area contributed by atoms with Crippen LogP contribution in [0.5, 0.6) is 0 Å². The van der Waals surface area contributed by atoms with E-state index in [1.807, 2.05) is 19.1 Å². The Labute approximate surface area is 110 Å². The van der Waals surface area contributed by atoms with E-state index >= 15 is 0 Å². The van der Waals surface area contributed by atoms with Gasteiger partial charge in [-0.05, 0) is 18.2 Å². The molecule has 0 unspecified atom stereocenters. The van der Waals surface area contributed by atoms with Crippen molar-refractivity contribution in [1.82, 2.24) is 4.90 Å². The summed E-state index contributed by atoms with van der Waals surface area (Å²) >= 11 is 6.21. The Balaban J connectivity index is 3.36. The maximum atomic E-state index is 12.3. The van der Waals surface area contributed by atoms with Gasteiger partial charge in [0, 0.05) is 13.6 Å². The highest BCUT2D eigenvalue weighted by Gasteiger charge is 2.26. The van der Waals surface area contributed by atoms with Crippen molar-refractivity contribution in [3.05, 3.63) is 28.8 Å². The van der Waals surface area contributed by atoms with Gasteiger partial charge < -0.3 is 4.90 Å². The summed E-state index contributed by atoms with van der Waals surface area (Å²) in [6.45, 7) is 9.32. The number of carbonyl (C=O) groups excluding carboxylic acids is 1. The largest absolute Gasteiger partial charge is 0.342 e. The lowest BCUT2D eigenvalue weighted by Gasteiger charge is -2.24. The van der Waals surface area contributed by atoms with Gasteiger partial charge in [0.2, 0.25) is 0 Å². The molecule has 1 aromatic carbocycles. The molecule has 0 N–H and O–H groups in total. The topological polar surface area (TPSA) is 20.3 Å². The highest BCUT2D eigenvalue weighted by atomic mass is 35.5. The fraction of sp³-hybridized carbons (Fsp3) is 0.462. The van der Waals surface area contributed by atoms with E-state index in [1.165, 1.54) is 0 Å².